The number of anilines is 1. The van der Waals surface area contributed by atoms with Gasteiger partial charge in [0, 0.05) is 5.92 Å². The standard InChI is InChI=1S/C16H20ClNO3/c17-13-10-6-9-12(16(20)21)14(13)18-15(19)11-7-4-2-1-3-5-8-11/h6,9-11H,1-5,7-8H2,(H,18,19)(H,20,21). The zero-order valence-electron chi connectivity index (χ0n) is 11.9. The summed E-state index contributed by atoms with van der Waals surface area (Å²) in [5.74, 6) is -1.26. The monoisotopic (exact) mass is 309 g/mol. The molecule has 0 heterocycles. The zero-order valence-corrected chi connectivity index (χ0v) is 12.7. The minimum atomic E-state index is -1.09. The number of hydrogen-bond acceptors (Lipinski definition) is 2. The summed E-state index contributed by atoms with van der Waals surface area (Å²) in [6, 6.07) is 4.60. The molecule has 2 rings (SSSR count). The number of carbonyl (C=O) groups excluding carboxylic acids is 1. The molecule has 5 heteroatoms. The molecule has 1 aliphatic rings. The summed E-state index contributed by atoms with van der Waals surface area (Å²) in [6.45, 7) is 0. The van der Waals surface area contributed by atoms with Crippen LogP contribution in [0.3, 0.4) is 0 Å². The minimum Gasteiger partial charge on any atom is -0.478 e. The van der Waals surface area contributed by atoms with Crippen molar-refractivity contribution in [2.75, 3.05) is 5.32 Å². The topological polar surface area (TPSA) is 66.4 Å². The molecule has 0 unspecified atom stereocenters. The molecule has 1 aliphatic carbocycles. The fraction of sp³-hybridized carbons (Fsp3) is 0.500. The van der Waals surface area contributed by atoms with Gasteiger partial charge in [0.1, 0.15) is 0 Å². The van der Waals surface area contributed by atoms with E-state index in [9.17, 15) is 14.7 Å². The van der Waals surface area contributed by atoms with Crippen LogP contribution < -0.4 is 5.32 Å². The lowest BCUT2D eigenvalue weighted by Crippen LogP contribution is -2.24. The van der Waals surface area contributed by atoms with Crippen LogP contribution in [0.5, 0.6) is 0 Å². The third-order valence-corrected chi connectivity index (χ3v) is 4.28. The van der Waals surface area contributed by atoms with Crippen LogP contribution in [0, 0.1) is 5.92 Å². The van der Waals surface area contributed by atoms with E-state index in [0.29, 0.717) is 0 Å². The number of aromatic carboxylic acids is 1. The van der Waals surface area contributed by atoms with Crippen LogP contribution >= 0.6 is 11.6 Å². The fourth-order valence-electron chi connectivity index (χ4n) is 2.77. The highest BCUT2D eigenvalue weighted by Gasteiger charge is 2.22. The van der Waals surface area contributed by atoms with Gasteiger partial charge in [-0.25, -0.2) is 4.79 Å². The van der Waals surface area contributed by atoms with Gasteiger partial charge in [-0.1, -0.05) is 49.8 Å². The van der Waals surface area contributed by atoms with Gasteiger partial charge in [0.15, 0.2) is 0 Å². The number of benzene rings is 1. The Morgan fingerprint density at radius 3 is 2.33 bits per heavy atom. The smallest absolute Gasteiger partial charge is 0.337 e. The van der Waals surface area contributed by atoms with Gasteiger partial charge in [0.2, 0.25) is 5.91 Å². The van der Waals surface area contributed by atoms with Gasteiger partial charge in [0.05, 0.1) is 16.3 Å². The number of hydrogen-bond donors (Lipinski definition) is 2. The van der Waals surface area contributed by atoms with Crippen molar-refractivity contribution in [3.8, 4) is 0 Å². The highest BCUT2D eigenvalue weighted by atomic mass is 35.5. The maximum absolute atomic E-state index is 12.4. The van der Waals surface area contributed by atoms with Gasteiger partial charge in [-0.3, -0.25) is 4.79 Å². The second-order valence-corrected chi connectivity index (χ2v) is 5.91. The van der Waals surface area contributed by atoms with E-state index in [1.165, 1.54) is 12.5 Å². The van der Waals surface area contributed by atoms with Gasteiger partial charge >= 0.3 is 5.97 Å². The Bertz CT molecular complexity index is 522. The van der Waals surface area contributed by atoms with E-state index in [1.807, 2.05) is 0 Å². The Hall–Kier alpha value is -1.55. The van der Waals surface area contributed by atoms with Gasteiger partial charge in [-0.15, -0.1) is 0 Å². The molecule has 0 aromatic heterocycles. The van der Waals surface area contributed by atoms with E-state index >= 15 is 0 Å². The van der Waals surface area contributed by atoms with Gasteiger partial charge < -0.3 is 10.4 Å². The van der Waals surface area contributed by atoms with Crippen LogP contribution in [0.1, 0.15) is 55.3 Å². The number of halogens is 1. The van der Waals surface area contributed by atoms with Crippen LogP contribution in [-0.2, 0) is 4.79 Å². The number of nitrogens with one attached hydrogen (secondary N) is 1. The number of para-hydroxylation sites is 1. The first-order valence-corrected chi connectivity index (χ1v) is 7.80. The molecule has 0 aliphatic heterocycles. The van der Waals surface area contributed by atoms with Crippen molar-refractivity contribution in [2.45, 2.75) is 44.9 Å². The summed E-state index contributed by atoms with van der Waals surface area (Å²) in [4.78, 5) is 23.6. The average molecular weight is 310 g/mol. The predicted octanol–water partition coefficient (Wildman–Crippen LogP) is 4.34. The van der Waals surface area contributed by atoms with Crippen LogP contribution in [0.2, 0.25) is 5.02 Å². The van der Waals surface area contributed by atoms with Crippen LogP contribution in [0.4, 0.5) is 5.69 Å². The predicted molar refractivity (Wildman–Crippen MR) is 82.9 cm³/mol. The first-order chi connectivity index (χ1) is 10.1. The summed E-state index contributed by atoms with van der Waals surface area (Å²) in [5, 5.41) is 12.2. The molecule has 0 radical (unpaired) electrons. The molecule has 114 valence electrons. The Kier molecular flexibility index (Phi) is 5.62. The Morgan fingerprint density at radius 1 is 1.10 bits per heavy atom. The molecule has 4 nitrogen and oxygen atoms in total. The highest BCUT2D eigenvalue weighted by Crippen LogP contribution is 2.29. The SMILES string of the molecule is O=C(O)c1cccc(Cl)c1NC(=O)C1CCCCCCC1. The van der Waals surface area contributed by atoms with Gasteiger partial charge in [-0.05, 0) is 25.0 Å². The van der Waals surface area contributed by atoms with Crippen molar-refractivity contribution in [1.82, 2.24) is 0 Å². The highest BCUT2D eigenvalue weighted by molar-refractivity contribution is 6.34. The Balaban J connectivity index is 2.13. The van der Waals surface area contributed by atoms with Crippen molar-refractivity contribution in [1.29, 1.82) is 0 Å². The molecule has 21 heavy (non-hydrogen) atoms. The molecule has 0 saturated heterocycles. The summed E-state index contributed by atoms with van der Waals surface area (Å²) >= 11 is 6.04. The lowest BCUT2D eigenvalue weighted by molar-refractivity contribution is -0.120. The molecule has 0 atom stereocenters. The van der Waals surface area contributed by atoms with Crippen molar-refractivity contribution < 1.29 is 14.7 Å². The zero-order chi connectivity index (χ0) is 15.2. The normalized spacial score (nSPS) is 16.8. The first-order valence-electron chi connectivity index (χ1n) is 7.42. The molecule has 1 fully saturated rings. The van der Waals surface area contributed by atoms with Crippen molar-refractivity contribution in [2.24, 2.45) is 5.92 Å². The molecular formula is C16H20ClNO3. The average Bonchev–Trinajstić information content (AvgIpc) is 2.40. The number of rotatable bonds is 3. The lowest BCUT2D eigenvalue weighted by atomic mass is 9.90. The van der Waals surface area contributed by atoms with Crippen molar-refractivity contribution in [3.05, 3.63) is 28.8 Å². The second kappa shape index (κ2) is 7.46. The molecular weight excluding hydrogens is 290 g/mol. The third-order valence-electron chi connectivity index (χ3n) is 3.97. The lowest BCUT2D eigenvalue weighted by Gasteiger charge is -2.20. The van der Waals surface area contributed by atoms with Crippen molar-refractivity contribution in [3.63, 3.8) is 0 Å². The van der Waals surface area contributed by atoms with Crippen LogP contribution in [0.25, 0.3) is 0 Å². The number of amides is 1. The number of carboxylic acids is 1. The van der Waals surface area contributed by atoms with Crippen LogP contribution in [-0.4, -0.2) is 17.0 Å². The van der Waals surface area contributed by atoms with E-state index in [2.05, 4.69) is 5.32 Å². The van der Waals surface area contributed by atoms with E-state index in [4.69, 9.17) is 11.6 Å². The Labute approximate surface area is 129 Å². The summed E-state index contributed by atoms with van der Waals surface area (Å²) in [6.07, 6.45) is 7.38. The van der Waals surface area contributed by atoms with Crippen molar-refractivity contribution >= 4 is 29.2 Å². The maximum Gasteiger partial charge on any atom is 0.337 e. The molecule has 1 aromatic carbocycles. The van der Waals surface area contributed by atoms with E-state index in [1.54, 1.807) is 12.1 Å². The molecule has 0 bridgehead atoms. The van der Waals surface area contributed by atoms with E-state index in [-0.39, 0.29) is 28.1 Å². The molecule has 0 spiro atoms. The summed E-state index contributed by atoms with van der Waals surface area (Å²) < 4.78 is 0. The second-order valence-electron chi connectivity index (χ2n) is 5.50. The molecule has 1 amide bonds. The first kappa shape index (κ1) is 15.8. The number of carbonyl (C=O) groups is 2. The summed E-state index contributed by atoms with van der Waals surface area (Å²) in [5.41, 5.74) is 0.237. The Morgan fingerprint density at radius 2 is 1.71 bits per heavy atom. The summed E-state index contributed by atoms with van der Waals surface area (Å²) in [7, 11) is 0. The maximum atomic E-state index is 12.4. The molecule has 1 saturated carbocycles. The van der Waals surface area contributed by atoms with Gasteiger partial charge in [0.25, 0.3) is 0 Å². The van der Waals surface area contributed by atoms with Crippen LogP contribution in [0.15, 0.2) is 18.2 Å². The molecule has 1 aromatic rings. The van der Waals surface area contributed by atoms with Gasteiger partial charge in [-0.2, -0.15) is 0 Å². The number of carboxylic acid groups (broad SMARTS) is 1. The largest absolute Gasteiger partial charge is 0.478 e. The van der Waals surface area contributed by atoms with E-state index in [0.717, 1.165) is 38.5 Å². The molecule has 2 N–H and O–H groups in total. The van der Waals surface area contributed by atoms with E-state index < -0.39 is 5.97 Å². The fourth-order valence-corrected chi connectivity index (χ4v) is 2.99. The quantitative estimate of drug-likeness (QED) is 0.873. The third kappa shape index (κ3) is 4.21. The minimum absolute atomic E-state index is 0.0293.